The van der Waals surface area contributed by atoms with Crippen LogP contribution in [0.25, 0.3) is 5.70 Å². The average molecular weight is 294 g/mol. The number of nitrogens with zero attached hydrogens (tertiary/aromatic N) is 1. The lowest BCUT2D eigenvalue weighted by Crippen LogP contribution is -2.16. The summed E-state index contributed by atoms with van der Waals surface area (Å²) in [6.07, 6.45) is 0. The SMILES string of the molecule is C1=C(c2ccccc2)NCCN=C(c2ccccc2)CS1. The van der Waals surface area contributed by atoms with Crippen LogP contribution < -0.4 is 5.32 Å². The maximum Gasteiger partial charge on any atom is 0.0566 e. The van der Waals surface area contributed by atoms with Crippen LogP contribution in [0.4, 0.5) is 0 Å². The Bertz CT molecular complexity index is 633. The minimum atomic E-state index is 0.801. The fraction of sp³-hybridized carbons (Fsp3) is 0.167. The van der Waals surface area contributed by atoms with Gasteiger partial charge >= 0.3 is 0 Å². The molecule has 1 N–H and O–H groups in total. The van der Waals surface area contributed by atoms with Gasteiger partial charge in [0.2, 0.25) is 0 Å². The van der Waals surface area contributed by atoms with Crippen LogP contribution in [0.2, 0.25) is 0 Å². The average Bonchev–Trinajstić information content (AvgIpc) is 2.68. The molecule has 2 aromatic carbocycles. The fourth-order valence-electron chi connectivity index (χ4n) is 2.27. The number of thioether (sulfide) groups is 1. The predicted molar refractivity (Wildman–Crippen MR) is 92.7 cm³/mol. The van der Waals surface area contributed by atoms with Gasteiger partial charge in [0.05, 0.1) is 12.3 Å². The molecule has 3 heteroatoms. The highest BCUT2D eigenvalue weighted by Gasteiger charge is 2.07. The lowest BCUT2D eigenvalue weighted by molar-refractivity contribution is 0.860. The lowest BCUT2D eigenvalue weighted by atomic mass is 10.1. The molecule has 21 heavy (non-hydrogen) atoms. The number of hydrogen-bond donors (Lipinski definition) is 1. The van der Waals surface area contributed by atoms with Gasteiger partial charge in [0, 0.05) is 18.0 Å². The van der Waals surface area contributed by atoms with Gasteiger partial charge in [-0.25, -0.2) is 0 Å². The minimum absolute atomic E-state index is 0.801. The third-order valence-corrected chi connectivity index (χ3v) is 4.19. The van der Waals surface area contributed by atoms with Gasteiger partial charge in [-0.15, -0.1) is 11.8 Å². The Morgan fingerprint density at radius 3 is 2.24 bits per heavy atom. The van der Waals surface area contributed by atoms with Gasteiger partial charge < -0.3 is 5.32 Å². The summed E-state index contributed by atoms with van der Waals surface area (Å²) in [6.45, 7) is 1.66. The smallest absolute Gasteiger partial charge is 0.0566 e. The van der Waals surface area contributed by atoms with E-state index in [2.05, 4.69) is 59.3 Å². The molecule has 0 amide bonds. The van der Waals surface area contributed by atoms with Crippen LogP contribution in [0.3, 0.4) is 0 Å². The van der Waals surface area contributed by atoms with Crippen LogP contribution in [-0.2, 0) is 0 Å². The molecule has 0 aliphatic carbocycles. The third-order valence-electron chi connectivity index (χ3n) is 3.34. The van der Waals surface area contributed by atoms with Crippen molar-refractivity contribution in [1.82, 2.24) is 5.32 Å². The van der Waals surface area contributed by atoms with Crippen molar-refractivity contribution in [2.45, 2.75) is 0 Å². The van der Waals surface area contributed by atoms with E-state index in [0.717, 1.165) is 18.8 Å². The van der Waals surface area contributed by atoms with Crippen LogP contribution in [0.15, 0.2) is 71.1 Å². The van der Waals surface area contributed by atoms with Gasteiger partial charge in [-0.2, -0.15) is 0 Å². The first-order valence-corrected chi connectivity index (χ1v) is 8.18. The summed E-state index contributed by atoms with van der Waals surface area (Å²) in [5, 5.41) is 5.69. The Kier molecular flexibility index (Phi) is 4.74. The Morgan fingerprint density at radius 1 is 0.857 bits per heavy atom. The molecule has 1 aliphatic rings. The van der Waals surface area contributed by atoms with E-state index in [0.29, 0.717) is 0 Å². The fourth-order valence-corrected chi connectivity index (χ4v) is 3.15. The minimum Gasteiger partial charge on any atom is -0.382 e. The molecule has 2 nitrogen and oxygen atoms in total. The van der Waals surface area contributed by atoms with Crippen molar-refractivity contribution in [3.05, 3.63) is 77.2 Å². The Morgan fingerprint density at radius 2 is 1.52 bits per heavy atom. The van der Waals surface area contributed by atoms with Crippen molar-refractivity contribution in [2.24, 2.45) is 4.99 Å². The van der Waals surface area contributed by atoms with E-state index in [4.69, 9.17) is 4.99 Å². The number of hydrogen-bond acceptors (Lipinski definition) is 3. The Hall–Kier alpha value is -2.00. The van der Waals surface area contributed by atoms with E-state index in [1.807, 2.05) is 12.1 Å². The zero-order valence-electron chi connectivity index (χ0n) is 11.8. The quantitative estimate of drug-likeness (QED) is 0.911. The van der Waals surface area contributed by atoms with Crippen LogP contribution in [0.1, 0.15) is 11.1 Å². The summed E-state index contributed by atoms with van der Waals surface area (Å²) >= 11 is 1.79. The van der Waals surface area contributed by atoms with Crippen molar-refractivity contribution in [1.29, 1.82) is 0 Å². The molecule has 1 aliphatic heterocycles. The maximum absolute atomic E-state index is 4.74. The third kappa shape index (κ3) is 3.76. The molecule has 0 unspecified atom stereocenters. The summed E-state index contributed by atoms with van der Waals surface area (Å²) in [6, 6.07) is 20.9. The van der Waals surface area contributed by atoms with Gasteiger partial charge in [-0.1, -0.05) is 60.7 Å². The summed E-state index contributed by atoms with van der Waals surface area (Å²) in [5.74, 6) is 0.905. The van der Waals surface area contributed by atoms with E-state index in [-0.39, 0.29) is 0 Å². The molecule has 0 saturated heterocycles. The van der Waals surface area contributed by atoms with Crippen molar-refractivity contribution in [3.8, 4) is 0 Å². The summed E-state index contributed by atoms with van der Waals surface area (Å²) in [7, 11) is 0. The lowest BCUT2D eigenvalue weighted by Gasteiger charge is -2.09. The zero-order valence-corrected chi connectivity index (χ0v) is 12.6. The topological polar surface area (TPSA) is 24.4 Å². The highest BCUT2D eigenvalue weighted by atomic mass is 32.2. The normalized spacial score (nSPS) is 15.8. The van der Waals surface area contributed by atoms with Gasteiger partial charge in [-0.05, 0) is 16.5 Å². The van der Waals surface area contributed by atoms with Crippen LogP contribution in [0.5, 0.6) is 0 Å². The molecule has 0 aromatic heterocycles. The number of rotatable bonds is 2. The van der Waals surface area contributed by atoms with E-state index < -0.39 is 0 Å². The van der Waals surface area contributed by atoms with Crippen LogP contribution in [0, 0.1) is 0 Å². The highest BCUT2D eigenvalue weighted by molar-refractivity contribution is 8.03. The number of benzene rings is 2. The first-order valence-electron chi connectivity index (χ1n) is 7.13. The second-order valence-electron chi connectivity index (χ2n) is 4.83. The molecule has 0 atom stereocenters. The van der Waals surface area contributed by atoms with E-state index in [1.165, 1.54) is 22.5 Å². The molecule has 0 bridgehead atoms. The Labute approximate surface area is 130 Å². The van der Waals surface area contributed by atoms with Gasteiger partial charge in [0.15, 0.2) is 0 Å². The van der Waals surface area contributed by atoms with Gasteiger partial charge in [0.1, 0.15) is 0 Å². The van der Waals surface area contributed by atoms with Crippen molar-refractivity contribution in [3.63, 3.8) is 0 Å². The number of nitrogens with one attached hydrogen (secondary N) is 1. The monoisotopic (exact) mass is 294 g/mol. The summed E-state index contributed by atoms with van der Waals surface area (Å²) in [4.78, 5) is 4.74. The van der Waals surface area contributed by atoms with Crippen molar-refractivity contribution < 1.29 is 0 Å². The van der Waals surface area contributed by atoms with Crippen molar-refractivity contribution >= 4 is 23.2 Å². The molecule has 3 rings (SSSR count). The van der Waals surface area contributed by atoms with E-state index >= 15 is 0 Å². The molecule has 106 valence electrons. The number of aliphatic imine (C=N–C) groups is 1. The van der Waals surface area contributed by atoms with Crippen molar-refractivity contribution in [2.75, 3.05) is 18.8 Å². The molecule has 0 spiro atoms. The van der Waals surface area contributed by atoms with Gasteiger partial charge in [0.25, 0.3) is 0 Å². The molecule has 2 aromatic rings. The second kappa shape index (κ2) is 7.14. The molecule has 0 saturated carbocycles. The summed E-state index contributed by atoms with van der Waals surface area (Å²) in [5.41, 5.74) is 4.81. The van der Waals surface area contributed by atoms with Crippen LogP contribution in [-0.4, -0.2) is 24.6 Å². The van der Waals surface area contributed by atoms with Gasteiger partial charge in [-0.3, -0.25) is 4.99 Å². The first kappa shape index (κ1) is 14.0. The highest BCUT2D eigenvalue weighted by Crippen LogP contribution is 2.18. The largest absolute Gasteiger partial charge is 0.382 e. The first-order chi connectivity index (χ1) is 10.4. The zero-order chi connectivity index (χ0) is 14.3. The molecular weight excluding hydrogens is 276 g/mol. The van der Waals surface area contributed by atoms with E-state index in [9.17, 15) is 0 Å². The van der Waals surface area contributed by atoms with E-state index in [1.54, 1.807) is 11.8 Å². The molecule has 1 heterocycles. The van der Waals surface area contributed by atoms with Crippen LogP contribution >= 0.6 is 11.8 Å². The Balaban J connectivity index is 1.77. The molecule has 0 radical (unpaired) electrons. The predicted octanol–water partition coefficient (Wildman–Crippen LogP) is 3.81. The molecule has 0 fully saturated rings. The summed E-state index contributed by atoms with van der Waals surface area (Å²) < 4.78 is 0. The molecular formula is C18H18N2S. The standard InChI is InChI=1S/C18H18N2S/c1-3-7-15(8-4-1)17-13-21-14-18(20-12-11-19-17)16-9-5-2-6-10-16/h1-10,13,19H,11-12,14H2. The maximum atomic E-state index is 4.74. The second-order valence-corrected chi connectivity index (χ2v) is 5.69.